The minimum atomic E-state index is 0.328. The minimum Gasteiger partial charge on any atom is -0.344 e. The highest BCUT2D eigenvalue weighted by Gasteiger charge is 2.04. The van der Waals surface area contributed by atoms with E-state index in [0.29, 0.717) is 4.99 Å². The maximum atomic E-state index is 8.94. The van der Waals surface area contributed by atoms with Crippen LogP contribution < -0.4 is 5.48 Å². The van der Waals surface area contributed by atoms with E-state index in [1.54, 1.807) is 0 Å². The summed E-state index contributed by atoms with van der Waals surface area (Å²) in [5.41, 5.74) is 5.11. The van der Waals surface area contributed by atoms with Crippen molar-refractivity contribution in [3.63, 3.8) is 0 Å². The standard InChI is InChI=1S/C18H16N2OS/c21-19-18(22)16-9-8-15-10-12-20(17(15)13-16)11-4-7-14-5-2-1-3-6-14/h1-10,12-13,21H,11H2,(H,19,22). The van der Waals surface area contributed by atoms with E-state index < -0.39 is 0 Å². The van der Waals surface area contributed by atoms with Gasteiger partial charge in [0.2, 0.25) is 0 Å². The number of thiocarbonyl (C=S) groups is 1. The smallest absolute Gasteiger partial charge is 0.130 e. The predicted octanol–water partition coefficient (Wildman–Crippen LogP) is 4.01. The predicted molar refractivity (Wildman–Crippen MR) is 94.0 cm³/mol. The molecule has 0 unspecified atom stereocenters. The van der Waals surface area contributed by atoms with E-state index in [1.165, 1.54) is 5.56 Å². The van der Waals surface area contributed by atoms with Crippen molar-refractivity contribution in [1.29, 1.82) is 0 Å². The zero-order chi connectivity index (χ0) is 15.4. The maximum Gasteiger partial charge on any atom is 0.130 e. The summed E-state index contributed by atoms with van der Waals surface area (Å²) in [5.74, 6) is 0. The third-order valence-corrected chi connectivity index (χ3v) is 3.88. The van der Waals surface area contributed by atoms with Gasteiger partial charge in [-0.1, -0.05) is 66.8 Å². The average molecular weight is 308 g/mol. The van der Waals surface area contributed by atoms with E-state index in [4.69, 9.17) is 17.4 Å². The third kappa shape index (κ3) is 3.08. The highest BCUT2D eigenvalue weighted by atomic mass is 32.1. The maximum absolute atomic E-state index is 8.94. The van der Waals surface area contributed by atoms with Crippen molar-refractivity contribution in [2.24, 2.45) is 0 Å². The number of rotatable bonds is 4. The lowest BCUT2D eigenvalue weighted by Gasteiger charge is -2.05. The number of nitrogens with one attached hydrogen (secondary N) is 1. The van der Waals surface area contributed by atoms with Crippen LogP contribution >= 0.6 is 12.2 Å². The number of hydrogen-bond acceptors (Lipinski definition) is 2. The van der Waals surface area contributed by atoms with Crippen molar-refractivity contribution < 1.29 is 5.21 Å². The van der Waals surface area contributed by atoms with Gasteiger partial charge in [0.1, 0.15) is 4.99 Å². The van der Waals surface area contributed by atoms with Crippen molar-refractivity contribution in [2.45, 2.75) is 6.54 Å². The molecule has 110 valence electrons. The van der Waals surface area contributed by atoms with Gasteiger partial charge in [-0.2, -0.15) is 0 Å². The molecule has 2 N–H and O–H groups in total. The first-order valence-corrected chi connectivity index (χ1v) is 7.43. The molecule has 0 aliphatic rings. The second kappa shape index (κ2) is 6.56. The van der Waals surface area contributed by atoms with Gasteiger partial charge in [-0.25, -0.2) is 0 Å². The Hall–Kier alpha value is -2.43. The zero-order valence-electron chi connectivity index (χ0n) is 11.9. The Bertz CT molecular complexity index is 821. The van der Waals surface area contributed by atoms with Gasteiger partial charge in [0.15, 0.2) is 0 Å². The normalized spacial score (nSPS) is 11.1. The van der Waals surface area contributed by atoms with Gasteiger partial charge in [0.25, 0.3) is 0 Å². The monoisotopic (exact) mass is 308 g/mol. The van der Waals surface area contributed by atoms with Gasteiger partial charge in [0, 0.05) is 23.8 Å². The molecule has 4 heteroatoms. The molecule has 0 aliphatic carbocycles. The molecule has 0 saturated heterocycles. The Morgan fingerprint density at radius 3 is 2.73 bits per heavy atom. The van der Waals surface area contributed by atoms with Gasteiger partial charge in [-0.3, -0.25) is 10.7 Å². The van der Waals surface area contributed by atoms with Gasteiger partial charge in [0.05, 0.1) is 0 Å². The van der Waals surface area contributed by atoms with Crippen molar-refractivity contribution in [1.82, 2.24) is 10.0 Å². The largest absolute Gasteiger partial charge is 0.344 e. The molecule has 0 radical (unpaired) electrons. The summed E-state index contributed by atoms with van der Waals surface area (Å²) in [7, 11) is 0. The number of nitrogens with zero attached hydrogens (tertiary/aromatic N) is 1. The molecule has 0 fully saturated rings. The van der Waals surface area contributed by atoms with Crippen LogP contribution in [0.4, 0.5) is 0 Å². The molecule has 2 aromatic carbocycles. The van der Waals surface area contributed by atoms with Crippen LogP contribution in [0.15, 0.2) is 66.9 Å². The Balaban J connectivity index is 1.84. The highest BCUT2D eigenvalue weighted by Crippen LogP contribution is 2.18. The molecular weight excluding hydrogens is 292 g/mol. The van der Waals surface area contributed by atoms with E-state index in [-0.39, 0.29) is 0 Å². The van der Waals surface area contributed by atoms with Gasteiger partial charge in [-0.05, 0) is 23.1 Å². The Morgan fingerprint density at radius 2 is 1.95 bits per heavy atom. The molecule has 0 saturated carbocycles. The summed E-state index contributed by atoms with van der Waals surface area (Å²) in [6.45, 7) is 0.779. The van der Waals surface area contributed by atoms with Crippen LogP contribution in [0, 0.1) is 0 Å². The van der Waals surface area contributed by atoms with E-state index in [9.17, 15) is 0 Å². The molecule has 3 rings (SSSR count). The topological polar surface area (TPSA) is 37.2 Å². The molecule has 3 aromatic rings. The first-order valence-electron chi connectivity index (χ1n) is 7.03. The van der Waals surface area contributed by atoms with Crippen LogP contribution in [0.1, 0.15) is 11.1 Å². The molecular formula is C18H16N2OS. The summed E-state index contributed by atoms with van der Waals surface area (Å²) in [6.07, 6.45) is 6.29. The lowest BCUT2D eigenvalue weighted by Crippen LogP contribution is -2.17. The van der Waals surface area contributed by atoms with E-state index in [1.807, 2.05) is 41.9 Å². The fraction of sp³-hybridized carbons (Fsp3) is 0.0556. The van der Waals surface area contributed by atoms with E-state index in [2.05, 4.69) is 41.1 Å². The fourth-order valence-corrected chi connectivity index (χ4v) is 2.54. The summed E-state index contributed by atoms with van der Waals surface area (Å²) in [5, 5.41) is 10.1. The first kappa shape index (κ1) is 14.5. The van der Waals surface area contributed by atoms with Crippen LogP contribution in [0.2, 0.25) is 0 Å². The number of allylic oxidation sites excluding steroid dienone is 1. The fourth-order valence-electron chi connectivity index (χ4n) is 2.42. The van der Waals surface area contributed by atoms with Crippen LogP contribution in [-0.2, 0) is 6.54 Å². The molecule has 0 aliphatic heterocycles. The van der Waals surface area contributed by atoms with Crippen molar-refractivity contribution in [3.05, 3.63) is 78.0 Å². The van der Waals surface area contributed by atoms with Crippen molar-refractivity contribution >= 4 is 34.2 Å². The number of fused-ring (bicyclic) bond motifs is 1. The van der Waals surface area contributed by atoms with E-state index >= 15 is 0 Å². The number of hydroxylamine groups is 1. The van der Waals surface area contributed by atoms with Crippen LogP contribution in [0.3, 0.4) is 0 Å². The van der Waals surface area contributed by atoms with Crippen LogP contribution in [0.25, 0.3) is 17.0 Å². The average Bonchev–Trinajstić information content (AvgIpc) is 2.97. The molecule has 3 nitrogen and oxygen atoms in total. The number of benzene rings is 2. The van der Waals surface area contributed by atoms with Gasteiger partial charge >= 0.3 is 0 Å². The third-order valence-electron chi connectivity index (χ3n) is 3.55. The molecule has 22 heavy (non-hydrogen) atoms. The zero-order valence-corrected chi connectivity index (χ0v) is 12.8. The Labute approximate surface area is 134 Å². The summed E-state index contributed by atoms with van der Waals surface area (Å²) in [4.78, 5) is 0.328. The van der Waals surface area contributed by atoms with Crippen molar-refractivity contribution in [3.8, 4) is 0 Å². The van der Waals surface area contributed by atoms with Gasteiger partial charge in [-0.15, -0.1) is 0 Å². The summed E-state index contributed by atoms with van der Waals surface area (Å²) >= 11 is 5.07. The molecule has 1 aromatic heterocycles. The second-order valence-electron chi connectivity index (χ2n) is 5.00. The quantitative estimate of drug-likeness (QED) is 0.565. The van der Waals surface area contributed by atoms with Gasteiger partial charge < -0.3 is 4.57 Å². The molecule has 1 heterocycles. The lowest BCUT2D eigenvalue weighted by molar-refractivity contribution is 0.238. The van der Waals surface area contributed by atoms with Crippen molar-refractivity contribution in [2.75, 3.05) is 0 Å². The lowest BCUT2D eigenvalue weighted by atomic mass is 10.1. The SMILES string of the molecule is ONC(=S)c1ccc2ccn(CC=Cc3ccccc3)c2c1. The Kier molecular flexibility index (Phi) is 4.32. The van der Waals surface area contributed by atoms with Crippen LogP contribution in [-0.4, -0.2) is 14.8 Å². The molecule has 0 spiro atoms. The number of hydrogen-bond donors (Lipinski definition) is 2. The molecule has 0 bridgehead atoms. The second-order valence-corrected chi connectivity index (χ2v) is 5.40. The summed E-state index contributed by atoms with van der Waals surface area (Å²) < 4.78 is 2.15. The van der Waals surface area contributed by atoms with Crippen LogP contribution in [0.5, 0.6) is 0 Å². The molecule has 0 atom stereocenters. The minimum absolute atomic E-state index is 0.328. The molecule has 0 amide bonds. The first-order chi connectivity index (χ1) is 10.8. The number of aromatic nitrogens is 1. The Morgan fingerprint density at radius 1 is 1.14 bits per heavy atom. The highest BCUT2D eigenvalue weighted by molar-refractivity contribution is 7.80. The summed E-state index contributed by atoms with van der Waals surface area (Å²) in [6, 6.07) is 18.2. The van der Waals surface area contributed by atoms with E-state index in [0.717, 1.165) is 23.0 Å².